The molecule has 0 amide bonds. The van der Waals surface area contributed by atoms with Gasteiger partial charge in [0.2, 0.25) is 5.88 Å². The zero-order chi connectivity index (χ0) is 15.1. The molecule has 0 spiro atoms. The van der Waals surface area contributed by atoms with Gasteiger partial charge in [0.05, 0.1) is 19.3 Å². The van der Waals surface area contributed by atoms with Crippen LogP contribution in [0.4, 0.5) is 5.69 Å². The molecule has 1 N–H and O–H groups in total. The second-order valence-electron chi connectivity index (χ2n) is 4.36. The van der Waals surface area contributed by atoms with E-state index in [2.05, 4.69) is 10.3 Å². The molecule has 0 atom stereocenters. The van der Waals surface area contributed by atoms with Crippen molar-refractivity contribution >= 4 is 11.7 Å². The number of hydrogen-bond donors (Lipinski definition) is 1. The van der Waals surface area contributed by atoms with Crippen LogP contribution in [-0.4, -0.2) is 24.7 Å². The molecule has 0 aliphatic carbocycles. The maximum Gasteiger partial charge on any atom is 0.338 e. The lowest BCUT2D eigenvalue weighted by atomic mass is 10.2. The van der Waals surface area contributed by atoms with Crippen molar-refractivity contribution in [3.63, 3.8) is 0 Å². The standard InChI is InChI=1S/C16H18N2O3/c1-3-21-16(19)13-5-7-14(8-6-13)17-10-12-4-9-15(20-2)18-11-12/h4-9,11,17H,3,10H2,1-2H3. The number of nitrogens with zero attached hydrogens (tertiary/aromatic N) is 1. The van der Waals surface area contributed by atoms with E-state index >= 15 is 0 Å². The van der Waals surface area contributed by atoms with Crippen LogP contribution in [0.5, 0.6) is 5.88 Å². The van der Waals surface area contributed by atoms with Crippen molar-refractivity contribution in [1.82, 2.24) is 4.98 Å². The highest BCUT2D eigenvalue weighted by molar-refractivity contribution is 5.89. The summed E-state index contributed by atoms with van der Waals surface area (Å²) in [6, 6.07) is 11.0. The summed E-state index contributed by atoms with van der Waals surface area (Å²) in [5.74, 6) is 0.293. The molecule has 5 heteroatoms. The Morgan fingerprint density at radius 3 is 2.52 bits per heavy atom. The number of carbonyl (C=O) groups is 1. The third-order valence-electron chi connectivity index (χ3n) is 2.90. The largest absolute Gasteiger partial charge is 0.481 e. The fourth-order valence-electron chi connectivity index (χ4n) is 1.78. The van der Waals surface area contributed by atoms with E-state index in [1.807, 2.05) is 24.3 Å². The van der Waals surface area contributed by atoms with Crippen molar-refractivity contribution in [3.8, 4) is 5.88 Å². The van der Waals surface area contributed by atoms with Gasteiger partial charge in [-0.3, -0.25) is 0 Å². The number of pyridine rings is 1. The van der Waals surface area contributed by atoms with Gasteiger partial charge in [-0.2, -0.15) is 0 Å². The van der Waals surface area contributed by atoms with E-state index in [9.17, 15) is 4.79 Å². The third kappa shape index (κ3) is 4.21. The van der Waals surface area contributed by atoms with Gasteiger partial charge >= 0.3 is 5.97 Å². The topological polar surface area (TPSA) is 60.5 Å². The van der Waals surface area contributed by atoms with E-state index in [0.29, 0.717) is 24.6 Å². The van der Waals surface area contributed by atoms with Gasteiger partial charge in [0.25, 0.3) is 0 Å². The number of benzene rings is 1. The molecular weight excluding hydrogens is 268 g/mol. The smallest absolute Gasteiger partial charge is 0.338 e. The van der Waals surface area contributed by atoms with Gasteiger partial charge in [0.15, 0.2) is 0 Å². The van der Waals surface area contributed by atoms with Crippen molar-refractivity contribution in [1.29, 1.82) is 0 Å². The number of hydrogen-bond acceptors (Lipinski definition) is 5. The number of carbonyl (C=O) groups excluding carboxylic acids is 1. The first-order valence-electron chi connectivity index (χ1n) is 6.73. The monoisotopic (exact) mass is 286 g/mol. The minimum Gasteiger partial charge on any atom is -0.481 e. The molecule has 0 fully saturated rings. The van der Waals surface area contributed by atoms with Crippen molar-refractivity contribution in [3.05, 3.63) is 53.7 Å². The summed E-state index contributed by atoms with van der Waals surface area (Å²) in [6.07, 6.45) is 1.76. The predicted octanol–water partition coefficient (Wildman–Crippen LogP) is 2.88. The van der Waals surface area contributed by atoms with Gasteiger partial charge in [-0.25, -0.2) is 9.78 Å². The lowest BCUT2D eigenvalue weighted by Gasteiger charge is -2.08. The molecule has 110 valence electrons. The number of ether oxygens (including phenoxy) is 2. The maximum absolute atomic E-state index is 11.5. The Bertz CT molecular complexity index is 579. The van der Waals surface area contributed by atoms with Crippen LogP contribution in [0.2, 0.25) is 0 Å². The van der Waals surface area contributed by atoms with Crippen molar-refractivity contribution in [2.45, 2.75) is 13.5 Å². The van der Waals surface area contributed by atoms with E-state index in [-0.39, 0.29) is 5.97 Å². The summed E-state index contributed by atoms with van der Waals surface area (Å²) in [6.45, 7) is 2.82. The highest BCUT2D eigenvalue weighted by Crippen LogP contribution is 2.13. The zero-order valence-electron chi connectivity index (χ0n) is 12.1. The average molecular weight is 286 g/mol. The number of aromatic nitrogens is 1. The first-order chi connectivity index (χ1) is 10.2. The lowest BCUT2D eigenvalue weighted by Crippen LogP contribution is -2.05. The fraction of sp³-hybridized carbons (Fsp3) is 0.250. The molecule has 1 aromatic heterocycles. The Kier molecular flexibility index (Phi) is 5.15. The Morgan fingerprint density at radius 2 is 1.95 bits per heavy atom. The Labute approximate surface area is 123 Å². The van der Waals surface area contributed by atoms with Crippen LogP contribution >= 0.6 is 0 Å². The van der Waals surface area contributed by atoms with E-state index < -0.39 is 0 Å². The summed E-state index contributed by atoms with van der Waals surface area (Å²) in [5.41, 5.74) is 2.53. The summed E-state index contributed by atoms with van der Waals surface area (Å²) in [4.78, 5) is 15.7. The van der Waals surface area contributed by atoms with Gasteiger partial charge < -0.3 is 14.8 Å². The van der Waals surface area contributed by atoms with Crippen LogP contribution in [0.15, 0.2) is 42.6 Å². The van der Waals surface area contributed by atoms with Gasteiger partial charge in [-0.15, -0.1) is 0 Å². The SMILES string of the molecule is CCOC(=O)c1ccc(NCc2ccc(OC)nc2)cc1. The van der Waals surface area contributed by atoms with Gasteiger partial charge in [-0.05, 0) is 36.8 Å². The van der Waals surface area contributed by atoms with Crippen LogP contribution in [0.3, 0.4) is 0 Å². The van der Waals surface area contributed by atoms with E-state index in [4.69, 9.17) is 9.47 Å². The number of rotatable bonds is 6. The summed E-state index contributed by atoms with van der Waals surface area (Å²) < 4.78 is 9.95. The molecule has 5 nitrogen and oxygen atoms in total. The molecule has 2 rings (SSSR count). The number of esters is 1. The van der Waals surface area contributed by atoms with Gasteiger partial charge in [-0.1, -0.05) is 6.07 Å². The molecule has 0 saturated carbocycles. The number of nitrogens with one attached hydrogen (secondary N) is 1. The minimum atomic E-state index is -0.302. The summed E-state index contributed by atoms with van der Waals surface area (Å²) in [7, 11) is 1.59. The van der Waals surface area contributed by atoms with Crippen molar-refractivity contribution in [2.24, 2.45) is 0 Å². The molecule has 2 aromatic rings. The Hall–Kier alpha value is -2.56. The predicted molar refractivity (Wildman–Crippen MR) is 80.5 cm³/mol. The number of methoxy groups -OCH3 is 1. The quantitative estimate of drug-likeness (QED) is 0.827. The molecule has 0 bridgehead atoms. The van der Waals surface area contributed by atoms with Crippen LogP contribution < -0.4 is 10.1 Å². The zero-order valence-corrected chi connectivity index (χ0v) is 12.1. The summed E-state index contributed by atoms with van der Waals surface area (Å²) >= 11 is 0. The highest BCUT2D eigenvalue weighted by Gasteiger charge is 2.05. The van der Waals surface area contributed by atoms with Crippen LogP contribution in [0, 0.1) is 0 Å². The Morgan fingerprint density at radius 1 is 1.19 bits per heavy atom. The minimum absolute atomic E-state index is 0.302. The van der Waals surface area contributed by atoms with Crippen LogP contribution in [0.25, 0.3) is 0 Å². The van der Waals surface area contributed by atoms with Crippen LogP contribution in [0.1, 0.15) is 22.8 Å². The molecule has 0 radical (unpaired) electrons. The lowest BCUT2D eigenvalue weighted by molar-refractivity contribution is 0.0526. The molecule has 0 aliphatic heterocycles. The molecule has 0 unspecified atom stereocenters. The molecule has 0 aliphatic rings. The fourth-order valence-corrected chi connectivity index (χ4v) is 1.78. The average Bonchev–Trinajstić information content (AvgIpc) is 2.54. The highest BCUT2D eigenvalue weighted by atomic mass is 16.5. The van der Waals surface area contributed by atoms with Gasteiger partial charge in [0.1, 0.15) is 0 Å². The first-order valence-corrected chi connectivity index (χ1v) is 6.73. The second kappa shape index (κ2) is 7.28. The second-order valence-corrected chi connectivity index (χ2v) is 4.36. The third-order valence-corrected chi connectivity index (χ3v) is 2.90. The maximum atomic E-state index is 11.5. The van der Waals surface area contributed by atoms with Crippen molar-refractivity contribution in [2.75, 3.05) is 19.0 Å². The normalized spacial score (nSPS) is 10.0. The molecule has 1 aromatic carbocycles. The van der Waals surface area contributed by atoms with E-state index in [0.717, 1.165) is 11.3 Å². The molecule has 0 saturated heterocycles. The molecular formula is C16H18N2O3. The van der Waals surface area contributed by atoms with E-state index in [1.54, 1.807) is 32.4 Å². The van der Waals surface area contributed by atoms with Crippen LogP contribution in [-0.2, 0) is 11.3 Å². The molecule has 1 heterocycles. The van der Waals surface area contributed by atoms with E-state index in [1.165, 1.54) is 0 Å². The first kappa shape index (κ1) is 14.8. The molecule has 21 heavy (non-hydrogen) atoms. The summed E-state index contributed by atoms with van der Waals surface area (Å²) in [5, 5.41) is 3.26. The Balaban J connectivity index is 1.92. The van der Waals surface area contributed by atoms with Gasteiger partial charge in [0, 0.05) is 24.5 Å². The van der Waals surface area contributed by atoms with Crippen molar-refractivity contribution < 1.29 is 14.3 Å². The number of anilines is 1.